The first-order valence-corrected chi connectivity index (χ1v) is 6.35. The molecule has 8 heteroatoms. The average Bonchev–Trinajstić information content (AvgIpc) is 2.79. The summed E-state index contributed by atoms with van der Waals surface area (Å²) in [7, 11) is 0. The highest BCUT2D eigenvalue weighted by molar-refractivity contribution is 7.17. The van der Waals surface area contributed by atoms with Crippen molar-refractivity contribution in [2.75, 3.05) is 5.73 Å². The zero-order valence-corrected chi connectivity index (χ0v) is 10.9. The summed E-state index contributed by atoms with van der Waals surface area (Å²) in [6.45, 7) is 0.134. The molecular formula is C12H10F3N3OS. The van der Waals surface area contributed by atoms with Crippen LogP contribution in [0, 0.1) is 0 Å². The van der Waals surface area contributed by atoms with E-state index in [0.29, 0.717) is 11.3 Å². The Morgan fingerprint density at radius 3 is 2.55 bits per heavy atom. The standard InChI is InChI=1S/C12H10F3N3OS/c13-12(14,15)9-8(20-11(16)18-9)10(19)17-6-7-4-2-1-3-5-7/h1-5H,6H2,(H2,16,18)(H,17,19). The smallest absolute Gasteiger partial charge is 0.375 e. The van der Waals surface area contributed by atoms with Crippen LogP contribution in [-0.4, -0.2) is 10.9 Å². The average molecular weight is 301 g/mol. The summed E-state index contributed by atoms with van der Waals surface area (Å²) in [6.07, 6.45) is -4.70. The second-order valence-electron chi connectivity index (χ2n) is 3.90. The molecule has 0 bridgehead atoms. The molecule has 0 aliphatic carbocycles. The van der Waals surface area contributed by atoms with Crippen LogP contribution >= 0.6 is 11.3 Å². The molecule has 2 aromatic rings. The normalized spacial score (nSPS) is 11.3. The third kappa shape index (κ3) is 3.27. The molecule has 4 nitrogen and oxygen atoms in total. The molecule has 0 saturated carbocycles. The quantitative estimate of drug-likeness (QED) is 0.916. The van der Waals surface area contributed by atoms with Gasteiger partial charge in [0.15, 0.2) is 10.8 Å². The predicted molar refractivity (Wildman–Crippen MR) is 69.1 cm³/mol. The number of carbonyl (C=O) groups excluding carboxylic acids is 1. The van der Waals surface area contributed by atoms with Gasteiger partial charge in [-0.05, 0) is 5.56 Å². The lowest BCUT2D eigenvalue weighted by molar-refractivity contribution is -0.141. The van der Waals surface area contributed by atoms with Crippen molar-refractivity contribution in [3.63, 3.8) is 0 Å². The highest BCUT2D eigenvalue weighted by atomic mass is 32.1. The molecule has 2 rings (SSSR count). The first kappa shape index (κ1) is 14.3. The number of alkyl halides is 3. The van der Waals surface area contributed by atoms with E-state index >= 15 is 0 Å². The number of nitrogens with two attached hydrogens (primary N) is 1. The molecule has 0 saturated heterocycles. The minimum absolute atomic E-state index is 0.134. The number of nitrogen functional groups attached to an aromatic ring is 1. The Hall–Kier alpha value is -2.09. The number of anilines is 1. The van der Waals surface area contributed by atoms with Gasteiger partial charge in [-0.1, -0.05) is 41.7 Å². The van der Waals surface area contributed by atoms with Crippen molar-refractivity contribution < 1.29 is 18.0 Å². The van der Waals surface area contributed by atoms with E-state index in [0.717, 1.165) is 5.56 Å². The fourth-order valence-electron chi connectivity index (χ4n) is 1.54. The van der Waals surface area contributed by atoms with Crippen LogP contribution in [0.4, 0.5) is 18.3 Å². The summed E-state index contributed by atoms with van der Waals surface area (Å²) in [5.41, 5.74) is 4.79. The van der Waals surface area contributed by atoms with E-state index in [4.69, 9.17) is 5.73 Å². The van der Waals surface area contributed by atoms with E-state index in [1.54, 1.807) is 30.3 Å². The Morgan fingerprint density at radius 2 is 1.95 bits per heavy atom. The third-order valence-corrected chi connectivity index (χ3v) is 3.30. The third-order valence-electron chi connectivity index (χ3n) is 2.41. The lowest BCUT2D eigenvalue weighted by Crippen LogP contribution is -2.24. The molecule has 1 amide bonds. The van der Waals surface area contributed by atoms with Gasteiger partial charge in [0.1, 0.15) is 4.88 Å². The number of nitrogens with one attached hydrogen (secondary N) is 1. The van der Waals surface area contributed by atoms with Gasteiger partial charge in [-0.3, -0.25) is 4.79 Å². The molecule has 106 valence electrons. The summed E-state index contributed by atoms with van der Waals surface area (Å²) >= 11 is 0.519. The molecule has 0 aliphatic rings. The van der Waals surface area contributed by atoms with Crippen molar-refractivity contribution in [3.05, 3.63) is 46.5 Å². The van der Waals surface area contributed by atoms with Gasteiger partial charge in [0.25, 0.3) is 5.91 Å². The molecule has 0 aliphatic heterocycles. The maximum Gasteiger partial charge on any atom is 0.435 e. The number of amides is 1. The predicted octanol–water partition coefficient (Wildman–Crippen LogP) is 2.67. The van der Waals surface area contributed by atoms with Crippen molar-refractivity contribution in [1.82, 2.24) is 10.3 Å². The van der Waals surface area contributed by atoms with E-state index in [1.807, 2.05) is 0 Å². The minimum atomic E-state index is -4.70. The monoisotopic (exact) mass is 301 g/mol. The first-order chi connectivity index (χ1) is 9.38. The van der Waals surface area contributed by atoms with Gasteiger partial charge in [0.05, 0.1) is 0 Å². The van der Waals surface area contributed by atoms with Gasteiger partial charge in [-0.25, -0.2) is 4.98 Å². The summed E-state index contributed by atoms with van der Waals surface area (Å²) in [6, 6.07) is 8.86. The highest BCUT2D eigenvalue weighted by Gasteiger charge is 2.39. The minimum Gasteiger partial charge on any atom is -0.375 e. The lowest BCUT2D eigenvalue weighted by atomic mass is 10.2. The number of rotatable bonds is 3. The molecule has 1 heterocycles. The van der Waals surface area contributed by atoms with Crippen LogP contribution in [-0.2, 0) is 12.7 Å². The van der Waals surface area contributed by atoms with Gasteiger partial charge in [-0.15, -0.1) is 0 Å². The van der Waals surface area contributed by atoms with Crippen LogP contribution in [0.3, 0.4) is 0 Å². The number of halogens is 3. The SMILES string of the molecule is Nc1nc(C(F)(F)F)c(C(=O)NCc2ccccc2)s1. The maximum absolute atomic E-state index is 12.7. The first-order valence-electron chi connectivity index (χ1n) is 5.53. The van der Waals surface area contributed by atoms with E-state index in [9.17, 15) is 18.0 Å². The zero-order chi connectivity index (χ0) is 14.8. The highest BCUT2D eigenvalue weighted by Crippen LogP contribution is 2.35. The molecule has 0 radical (unpaired) electrons. The van der Waals surface area contributed by atoms with E-state index in [-0.39, 0.29) is 11.7 Å². The van der Waals surface area contributed by atoms with Gasteiger partial charge in [0, 0.05) is 6.54 Å². The molecule has 0 spiro atoms. The lowest BCUT2D eigenvalue weighted by Gasteiger charge is -2.07. The van der Waals surface area contributed by atoms with Crippen LogP contribution in [0.1, 0.15) is 20.9 Å². The molecular weight excluding hydrogens is 291 g/mol. The largest absolute Gasteiger partial charge is 0.435 e. The number of nitrogens with zero attached hydrogens (tertiary/aromatic N) is 1. The van der Waals surface area contributed by atoms with Crippen molar-refractivity contribution in [1.29, 1.82) is 0 Å². The van der Waals surface area contributed by atoms with Crippen LogP contribution in [0.5, 0.6) is 0 Å². The second kappa shape index (κ2) is 5.49. The van der Waals surface area contributed by atoms with Crippen LogP contribution in [0.15, 0.2) is 30.3 Å². The van der Waals surface area contributed by atoms with Crippen molar-refractivity contribution in [2.45, 2.75) is 12.7 Å². The Morgan fingerprint density at radius 1 is 1.30 bits per heavy atom. The number of aromatic nitrogens is 1. The van der Waals surface area contributed by atoms with E-state index in [1.165, 1.54) is 0 Å². The number of hydrogen-bond donors (Lipinski definition) is 2. The maximum atomic E-state index is 12.7. The summed E-state index contributed by atoms with van der Waals surface area (Å²) < 4.78 is 38.1. The van der Waals surface area contributed by atoms with Crippen molar-refractivity contribution in [2.24, 2.45) is 0 Å². The van der Waals surface area contributed by atoms with Crippen molar-refractivity contribution >= 4 is 22.4 Å². The molecule has 1 aromatic carbocycles. The molecule has 20 heavy (non-hydrogen) atoms. The van der Waals surface area contributed by atoms with Gasteiger partial charge in [-0.2, -0.15) is 13.2 Å². The number of hydrogen-bond acceptors (Lipinski definition) is 4. The molecule has 0 atom stereocenters. The Balaban J connectivity index is 2.14. The fourth-order valence-corrected chi connectivity index (χ4v) is 2.31. The van der Waals surface area contributed by atoms with Gasteiger partial charge in [0.2, 0.25) is 0 Å². The second-order valence-corrected chi connectivity index (χ2v) is 4.93. The Bertz CT molecular complexity index is 610. The Kier molecular flexibility index (Phi) is 3.93. The number of carbonyl (C=O) groups is 1. The van der Waals surface area contributed by atoms with Crippen LogP contribution in [0.2, 0.25) is 0 Å². The topological polar surface area (TPSA) is 68.0 Å². The molecule has 1 aromatic heterocycles. The fraction of sp³-hybridized carbons (Fsp3) is 0.167. The summed E-state index contributed by atoms with van der Waals surface area (Å²) in [5, 5.41) is 2.13. The number of benzene rings is 1. The summed E-state index contributed by atoms with van der Waals surface area (Å²) in [5.74, 6) is -0.838. The van der Waals surface area contributed by atoms with Crippen LogP contribution < -0.4 is 11.1 Å². The molecule has 0 fully saturated rings. The van der Waals surface area contributed by atoms with Crippen molar-refractivity contribution in [3.8, 4) is 0 Å². The van der Waals surface area contributed by atoms with Crippen LogP contribution in [0.25, 0.3) is 0 Å². The summed E-state index contributed by atoms with van der Waals surface area (Å²) in [4.78, 5) is 14.4. The van der Waals surface area contributed by atoms with E-state index < -0.39 is 22.7 Å². The zero-order valence-electron chi connectivity index (χ0n) is 10.1. The molecule has 0 unspecified atom stereocenters. The van der Waals surface area contributed by atoms with Gasteiger partial charge >= 0.3 is 6.18 Å². The van der Waals surface area contributed by atoms with E-state index in [2.05, 4.69) is 10.3 Å². The number of thiazole rings is 1. The molecule has 3 N–H and O–H groups in total. The van der Waals surface area contributed by atoms with Gasteiger partial charge < -0.3 is 11.1 Å². The Labute approximate surface area is 116 Å².